The van der Waals surface area contributed by atoms with E-state index in [9.17, 15) is 0 Å². The van der Waals surface area contributed by atoms with Crippen molar-refractivity contribution < 1.29 is 9.47 Å². The normalized spacial score (nSPS) is 20.4. The van der Waals surface area contributed by atoms with Crippen molar-refractivity contribution in [2.45, 2.75) is 25.4 Å². The molecule has 0 aliphatic carbocycles. The number of hydrogen-bond donors (Lipinski definition) is 1. The molecule has 0 aromatic carbocycles. The lowest BCUT2D eigenvalue weighted by atomic mass is 10.1. The van der Waals surface area contributed by atoms with Gasteiger partial charge >= 0.3 is 0 Å². The molecule has 0 radical (unpaired) electrons. The first-order valence-electron chi connectivity index (χ1n) is 5.75. The van der Waals surface area contributed by atoms with E-state index in [0.29, 0.717) is 12.0 Å². The molecular weight excluding hydrogens is 204 g/mol. The molecule has 1 aromatic heterocycles. The third-order valence-electron chi connectivity index (χ3n) is 2.72. The first-order valence-corrected chi connectivity index (χ1v) is 5.75. The molecule has 2 rings (SSSR count). The summed E-state index contributed by atoms with van der Waals surface area (Å²) in [5.74, 6) is 1.48. The Morgan fingerprint density at radius 1 is 1.50 bits per heavy atom. The van der Waals surface area contributed by atoms with Crippen molar-refractivity contribution >= 4 is 5.82 Å². The molecule has 1 atom stereocenters. The summed E-state index contributed by atoms with van der Waals surface area (Å²) in [5, 5.41) is 3.27. The maximum atomic E-state index is 5.63. The van der Waals surface area contributed by atoms with E-state index in [1.165, 1.54) is 12.8 Å². The molecule has 0 amide bonds. The smallest absolute Gasteiger partial charge is 0.214 e. The third-order valence-corrected chi connectivity index (χ3v) is 2.72. The number of nitrogens with one attached hydrogen (secondary N) is 1. The van der Waals surface area contributed by atoms with Crippen LogP contribution in [0.3, 0.4) is 0 Å². The zero-order chi connectivity index (χ0) is 11.2. The number of methoxy groups -OCH3 is 1. The molecule has 4 nitrogen and oxygen atoms in total. The summed E-state index contributed by atoms with van der Waals surface area (Å²) in [7, 11) is 1.62. The molecule has 1 aliphatic rings. The van der Waals surface area contributed by atoms with E-state index in [-0.39, 0.29) is 0 Å². The second-order valence-electron chi connectivity index (χ2n) is 3.93. The van der Waals surface area contributed by atoms with Gasteiger partial charge in [-0.1, -0.05) is 6.07 Å². The van der Waals surface area contributed by atoms with Gasteiger partial charge in [0, 0.05) is 19.2 Å². The van der Waals surface area contributed by atoms with E-state index < -0.39 is 0 Å². The van der Waals surface area contributed by atoms with Crippen LogP contribution in [0, 0.1) is 0 Å². The highest BCUT2D eigenvalue weighted by molar-refractivity contribution is 5.37. The minimum Gasteiger partial charge on any atom is -0.481 e. The number of pyridine rings is 1. The topological polar surface area (TPSA) is 43.4 Å². The largest absolute Gasteiger partial charge is 0.481 e. The molecule has 0 spiro atoms. The minimum absolute atomic E-state index is 0.321. The van der Waals surface area contributed by atoms with Crippen LogP contribution in [0.25, 0.3) is 0 Å². The number of nitrogens with zero attached hydrogens (tertiary/aromatic N) is 1. The summed E-state index contributed by atoms with van der Waals surface area (Å²) in [6.07, 6.45) is 3.91. The standard InChI is InChI=1S/C12H18N2O2/c1-15-12-7-4-6-11(14-12)13-9-10-5-2-3-8-16-10/h4,6-7,10H,2-3,5,8-9H2,1H3,(H,13,14). The van der Waals surface area contributed by atoms with Crippen LogP contribution in [0.5, 0.6) is 5.88 Å². The molecule has 1 fully saturated rings. The summed E-state index contributed by atoms with van der Waals surface area (Å²) in [6.45, 7) is 1.71. The number of ether oxygens (including phenoxy) is 2. The van der Waals surface area contributed by atoms with Gasteiger partial charge in [0.05, 0.1) is 13.2 Å². The average Bonchev–Trinajstić information content (AvgIpc) is 2.38. The Balaban J connectivity index is 1.83. The summed E-state index contributed by atoms with van der Waals surface area (Å²) in [6, 6.07) is 5.70. The van der Waals surface area contributed by atoms with Gasteiger partial charge in [-0.15, -0.1) is 0 Å². The molecule has 1 N–H and O–H groups in total. The van der Waals surface area contributed by atoms with Gasteiger partial charge in [0.2, 0.25) is 5.88 Å². The van der Waals surface area contributed by atoms with Crippen LogP contribution in [-0.4, -0.2) is 31.3 Å². The van der Waals surface area contributed by atoms with Gasteiger partial charge in [-0.2, -0.15) is 4.98 Å². The maximum Gasteiger partial charge on any atom is 0.214 e. The van der Waals surface area contributed by atoms with Gasteiger partial charge in [0.15, 0.2) is 0 Å². The fourth-order valence-electron chi connectivity index (χ4n) is 1.81. The Labute approximate surface area is 96.0 Å². The SMILES string of the molecule is COc1cccc(NCC2CCCCO2)n1. The zero-order valence-corrected chi connectivity index (χ0v) is 9.61. The molecule has 1 unspecified atom stereocenters. The van der Waals surface area contributed by atoms with Crippen LogP contribution >= 0.6 is 0 Å². The monoisotopic (exact) mass is 222 g/mol. The van der Waals surface area contributed by atoms with Crippen LogP contribution in [0.15, 0.2) is 18.2 Å². The fraction of sp³-hybridized carbons (Fsp3) is 0.583. The number of anilines is 1. The molecule has 16 heavy (non-hydrogen) atoms. The molecular formula is C12H18N2O2. The molecule has 0 saturated carbocycles. The zero-order valence-electron chi connectivity index (χ0n) is 9.61. The van der Waals surface area contributed by atoms with Gasteiger partial charge in [-0.3, -0.25) is 0 Å². The minimum atomic E-state index is 0.321. The van der Waals surface area contributed by atoms with E-state index in [2.05, 4.69) is 10.3 Å². The van der Waals surface area contributed by atoms with Crippen molar-refractivity contribution in [3.8, 4) is 5.88 Å². The summed E-state index contributed by atoms with van der Waals surface area (Å²) < 4.78 is 10.7. The van der Waals surface area contributed by atoms with Gasteiger partial charge in [0.25, 0.3) is 0 Å². The predicted octanol–water partition coefficient (Wildman–Crippen LogP) is 2.07. The molecule has 88 valence electrons. The van der Waals surface area contributed by atoms with Crippen molar-refractivity contribution in [3.63, 3.8) is 0 Å². The first-order chi connectivity index (χ1) is 7.88. The molecule has 2 heterocycles. The van der Waals surface area contributed by atoms with Crippen LogP contribution in [0.1, 0.15) is 19.3 Å². The lowest BCUT2D eigenvalue weighted by Gasteiger charge is -2.22. The molecule has 1 aromatic rings. The second-order valence-corrected chi connectivity index (χ2v) is 3.93. The highest BCUT2D eigenvalue weighted by atomic mass is 16.5. The van der Waals surface area contributed by atoms with Crippen LogP contribution < -0.4 is 10.1 Å². The Morgan fingerprint density at radius 3 is 3.19 bits per heavy atom. The van der Waals surface area contributed by atoms with Gasteiger partial charge in [0.1, 0.15) is 5.82 Å². The summed E-state index contributed by atoms with van der Waals surface area (Å²) in [5.41, 5.74) is 0. The van der Waals surface area contributed by atoms with Crippen LogP contribution in [0.4, 0.5) is 5.82 Å². The number of aromatic nitrogens is 1. The maximum absolute atomic E-state index is 5.63. The van der Waals surface area contributed by atoms with Crippen molar-refractivity contribution in [2.75, 3.05) is 25.6 Å². The summed E-state index contributed by atoms with van der Waals surface area (Å²) >= 11 is 0. The highest BCUT2D eigenvalue weighted by Gasteiger charge is 2.13. The highest BCUT2D eigenvalue weighted by Crippen LogP contribution is 2.15. The number of hydrogen-bond acceptors (Lipinski definition) is 4. The molecule has 4 heteroatoms. The lowest BCUT2D eigenvalue weighted by Crippen LogP contribution is -2.27. The van der Waals surface area contributed by atoms with Crippen molar-refractivity contribution in [3.05, 3.63) is 18.2 Å². The first kappa shape index (κ1) is 11.2. The predicted molar refractivity (Wildman–Crippen MR) is 62.9 cm³/mol. The van der Waals surface area contributed by atoms with Crippen LogP contribution in [-0.2, 0) is 4.74 Å². The lowest BCUT2D eigenvalue weighted by molar-refractivity contribution is 0.0247. The Bertz CT molecular complexity index is 325. The quantitative estimate of drug-likeness (QED) is 0.847. The van der Waals surface area contributed by atoms with E-state index >= 15 is 0 Å². The molecule has 1 saturated heterocycles. The van der Waals surface area contributed by atoms with Gasteiger partial charge < -0.3 is 14.8 Å². The average molecular weight is 222 g/mol. The molecule has 0 bridgehead atoms. The van der Waals surface area contributed by atoms with Crippen molar-refractivity contribution in [2.24, 2.45) is 0 Å². The summed E-state index contributed by atoms with van der Waals surface area (Å²) in [4.78, 5) is 4.29. The van der Waals surface area contributed by atoms with E-state index in [0.717, 1.165) is 25.4 Å². The number of rotatable bonds is 4. The Kier molecular flexibility index (Phi) is 3.99. The van der Waals surface area contributed by atoms with Gasteiger partial charge in [-0.05, 0) is 25.3 Å². The van der Waals surface area contributed by atoms with Crippen molar-refractivity contribution in [1.82, 2.24) is 4.98 Å². The van der Waals surface area contributed by atoms with Crippen LogP contribution in [0.2, 0.25) is 0 Å². The Morgan fingerprint density at radius 2 is 2.44 bits per heavy atom. The third kappa shape index (κ3) is 3.10. The molecule has 1 aliphatic heterocycles. The van der Waals surface area contributed by atoms with E-state index in [1.54, 1.807) is 7.11 Å². The van der Waals surface area contributed by atoms with E-state index in [4.69, 9.17) is 9.47 Å². The van der Waals surface area contributed by atoms with Gasteiger partial charge in [-0.25, -0.2) is 0 Å². The fourth-order valence-corrected chi connectivity index (χ4v) is 1.81. The van der Waals surface area contributed by atoms with Crippen molar-refractivity contribution in [1.29, 1.82) is 0 Å². The van der Waals surface area contributed by atoms with E-state index in [1.807, 2.05) is 18.2 Å². The second kappa shape index (κ2) is 5.70. The Hall–Kier alpha value is -1.29.